The third-order valence-corrected chi connectivity index (χ3v) is 5.31. The SMILES string of the molecule is COc1ccccc1NC(=O)C1=C(C)NC(=O)N[C@H]1c1cccc(OCc2ccccc2)c1. The third-order valence-electron chi connectivity index (χ3n) is 5.31. The second kappa shape index (κ2) is 9.91. The molecule has 4 rings (SSSR count). The van der Waals surface area contributed by atoms with Gasteiger partial charge in [0.2, 0.25) is 0 Å². The number of allylic oxidation sites excluding steroid dienone is 1. The van der Waals surface area contributed by atoms with E-state index < -0.39 is 6.04 Å². The average Bonchev–Trinajstić information content (AvgIpc) is 2.83. The van der Waals surface area contributed by atoms with E-state index in [4.69, 9.17) is 9.47 Å². The summed E-state index contributed by atoms with van der Waals surface area (Å²) in [6, 6.07) is 23.4. The lowest BCUT2D eigenvalue weighted by molar-refractivity contribution is -0.113. The van der Waals surface area contributed by atoms with E-state index in [0.717, 1.165) is 11.1 Å². The molecule has 0 radical (unpaired) electrons. The smallest absolute Gasteiger partial charge is 0.319 e. The van der Waals surface area contributed by atoms with Crippen LogP contribution in [0.15, 0.2) is 90.1 Å². The van der Waals surface area contributed by atoms with E-state index in [1.165, 1.54) is 0 Å². The van der Waals surface area contributed by atoms with E-state index >= 15 is 0 Å². The summed E-state index contributed by atoms with van der Waals surface area (Å²) in [4.78, 5) is 25.5. The van der Waals surface area contributed by atoms with E-state index in [9.17, 15) is 9.59 Å². The molecule has 3 aromatic carbocycles. The van der Waals surface area contributed by atoms with Gasteiger partial charge in [-0.3, -0.25) is 4.79 Å². The summed E-state index contributed by atoms with van der Waals surface area (Å²) < 4.78 is 11.3. The number of urea groups is 1. The first-order valence-electron chi connectivity index (χ1n) is 10.5. The van der Waals surface area contributed by atoms with E-state index in [0.29, 0.717) is 35.1 Å². The van der Waals surface area contributed by atoms with Crippen LogP contribution in [0.4, 0.5) is 10.5 Å². The lowest BCUT2D eigenvalue weighted by Gasteiger charge is -2.29. The molecule has 1 aliphatic heterocycles. The van der Waals surface area contributed by atoms with Crippen LogP contribution < -0.4 is 25.4 Å². The second-order valence-electron chi connectivity index (χ2n) is 7.57. The maximum absolute atomic E-state index is 13.3. The molecular formula is C26H25N3O4. The summed E-state index contributed by atoms with van der Waals surface area (Å²) in [5.74, 6) is 0.848. The fraction of sp³-hybridized carbons (Fsp3) is 0.154. The number of ether oxygens (including phenoxy) is 2. The number of para-hydroxylation sites is 2. The molecule has 0 saturated carbocycles. The Morgan fingerprint density at radius 2 is 1.76 bits per heavy atom. The van der Waals surface area contributed by atoms with Gasteiger partial charge in [-0.2, -0.15) is 0 Å². The molecular weight excluding hydrogens is 418 g/mol. The lowest BCUT2D eigenvalue weighted by Crippen LogP contribution is -2.46. The van der Waals surface area contributed by atoms with Gasteiger partial charge in [-0.1, -0.05) is 54.6 Å². The zero-order valence-electron chi connectivity index (χ0n) is 18.4. The van der Waals surface area contributed by atoms with Crippen molar-refractivity contribution in [1.82, 2.24) is 10.6 Å². The van der Waals surface area contributed by atoms with Gasteiger partial charge in [0.25, 0.3) is 5.91 Å². The number of hydrogen-bond donors (Lipinski definition) is 3. The quantitative estimate of drug-likeness (QED) is 0.500. The van der Waals surface area contributed by atoms with E-state index in [1.54, 1.807) is 26.2 Å². The molecule has 0 fully saturated rings. The monoisotopic (exact) mass is 443 g/mol. The van der Waals surface area contributed by atoms with Gasteiger partial charge in [0.05, 0.1) is 24.4 Å². The van der Waals surface area contributed by atoms with Gasteiger partial charge in [0, 0.05) is 5.70 Å². The summed E-state index contributed by atoms with van der Waals surface area (Å²) in [6.07, 6.45) is 0. The molecule has 1 atom stereocenters. The maximum Gasteiger partial charge on any atom is 0.319 e. The molecule has 3 N–H and O–H groups in total. The standard InChI is InChI=1S/C26H25N3O4/c1-17-23(25(30)28-21-13-6-7-14-22(21)32-2)24(29-26(31)27-17)19-11-8-12-20(15-19)33-16-18-9-4-3-5-10-18/h3-15,24H,16H2,1-2H3,(H,28,30)(H2,27,29,31)/t24-/m0/s1. The van der Waals surface area contributed by atoms with Crippen molar-refractivity contribution >= 4 is 17.6 Å². The Kier molecular flexibility index (Phi) is 6.59. The van der Waals surface area contributed by atoms with Crippen LogP contribution in [-0.2, 0) is 11.4 Å². The largest absolute Gasteiger partial charge is 0.495 e. The Balaban J connectivity index is 1.59. The first-order chi connectivity index (χ1) is 16.0. The Hall–Kier alpha value is -4.26. The highest BCUT2D eigenvalue weighted by Crippen LogP contribution is 2.31. The van der Waals surface area contributed by atoms with Crippen molar-refractivity contribution < 1.29 is 19.1 Å². The van der Waals surface area contributed by atoms with Crippen LogP contribution in [0.2, 0.25) is 0 Å². The molecule has 0 spiro atoms. The number of carbonyl (C=O) groups excluding carboxylic acids is 2. The molecule has 33 heavy (non-hydrogen) atoms. The second-order valence-corrected chi connectivity index (χ2v) is 7.57. The number of methoxy groups -OCH3 is 1. The summed E-state index contributed by atoms with van der Waals surface area (Å²) >= 11 is 0. The zero-order valence-corrected chi connectivity index (χ0v) is 18.4. The van der Waals surface area contributed by atoms with Gasteiger partial charge >= 0.3 is 6.03 Å². The highest BCUT2D eigenvalue weighted by Gasteiger charge is 2.31. The predicted molar refractivity (Wildman–Crippen MR) is 126 cm³/mol. The summed E-state index contributed by atoms with van der Waals surface area (Å²) in [7, 11) is 1.54. The van der Waals surface area contributed by atoms with Gasteiger partial charge in [-0.25, -0.2) is 4.79 Å². The molecule has 168 valence electrons. The topological polar surface area (TPSA) is 88.7 Å². The fourth-order valence-corrected chi connectivity index (χ4v) is 3.71. The average molecular weight is 444 g/mol. The maximum atomic E-state index is 13.3. The number of amides is 3. The lowest BCUT2D eigenvalue weighted by atomic mass is 9.94. The molecule has 1 heterocycles. The van der Waals surface area contributed by atoms with Crippen LogP contribution in [0, 0.1) is 0 Å². The Morgan fingerprint density at radius 3 is 2.55 bits per heavy atom. The molecule has 0 aliphatic carbocycles. The van der Waals surface area contributed by atoms with Crippen LogP contribution in [0.5, 0.6) is 11.5 Å². The number of benzene rings is 3. The normalized spacial score (nSPS) is 15.3. The molecule has 0 bridgehead atoms. The predicted octanol–water partition coefficient (Wildman–Crippen LogP) is 4.54. The van der Waals surface area contributed by atoms with Crippen molar-refractivity contribution in [2.75, 3.05) is 12.4 Å². The number of nitrogens with one attached hydrogen (secondary N) is 3. The number of rotatable bonds is 7. The molecule has 0 aromatic heterocycles. The number of anilines is 1. The molecule has 3 amide bonds. The highest BCUT2D eigenvalue weighted by molar-refractivity contribution is 6.07. The van der Waals surface area contributed by atoms with Gasteiger partial charge < -0.3 is 25.4 Å². The first-order valence-corrected chi connectivity index (χ1v) is 10.5. The number of hydrogen-bond acceptors (Lipinski definition) is 4. The Labute approximate surface area is 192 Å². The van der Waals surface area contributed by atoms with Crippen molar-refractivity contribution in [3.8, 4) is 11.5 Å². The van der Waals surface area contributed by atoms with Crippen LogP contribution in [-0.4, -0.2) is 19.0 Å². The van der Waals surface area contributed by atoms with Crippen LogP contribution in [0.3, 0.4) is 0 Å². The minimum Gasteiger partial charge on any atom is -0.495 e. The van der Waals surface area contributed by atoms with E-state index in [-0.39, 0.29) is 11.9 Å². The summed E-state index contributed by atoms with van der Waals surface area (Å²) in [5, 5.41) is 8.44. The van der Waals surface area contributed by atoms with Crippen molar-refractivity contribution in [2.24, 2.45) is 0 Å². The van der Waals surface area contributed by atoms with Crippen LogP contribution >= 0.6 is 0 Å². The summed E-state index contributed by atoms with van der Waals surface area (Å²) in [6.45, 7) is 2.12. The van der Waals surface area contributed by atoms with Crippen LogP contribution in [0.1, 0.15) is 24.1 Å². The first kappa shape index (κ1) is 22.0. The zero-order chi connectivity index (χ0) is 23.2. The molecule has 7 nitrogen and oxygen atoms in total. The number of carbonyl (C=O) groups is 2. The van der Waals surface area contributed by atoms with E-state index in [1.807, 2.05) is 66.7 Å². The Morgan fingerprint density at radius 1 is 1.00 bits per heavy atom. The fourth-order valence-electron chi connectivity index (χ4n) is 3.71. The van der Waals surface area contributed by atoms with Gasteiger partial charge in [0.1, 0.15) is 18.1 Å². The van der Waals surface area contributed by atoms with Crippen LogP contribution in [0.25, 0.3) is 0 Å². The van der Waals surface area contributed by atoms with Gasteiger partial charge in [0.15, 0.2) is 0 Å². The van der Waals surface area contributed by atoms with Crippen molar-refractivity contribution in [3.05, 3.63) is 101 Å². The van der Waals surface area contributed by atoms with Crippen molar-refractivity contribution in [2.45, 2.75) is 19.6 Å². The van der Waals surface area contributed by atoms with Crippen molar-refractivity contribution in [3.63, 3.8) is 0 Å². The van der Waals surface area contributed by atoms with E-state index in [2.05, 4.69) is 16.0 Å². The molecule has 7 heteroatoms. The van der Waals surface area contributed by atoms with Crippen molar-refractivity contribution in [1.29, 1.82) is 0 Å². The third kappa shape index (κ3) is 5.15. The van der Waals surface area contributed by atoms with Gasteiger partial charge in [-0.05, 0) is 42.3 Å². The molecule has 1 aliphatic rings. The van der Waals surface area contributed by atoms with Gasteiger partial charge in [-0.15, -0.1) is 0 Å². The highest BCUT2D eigenvalue weighted by atomic mass is 16.5. The minimum atomic E-state index is -0.645. The molecule has 0 unspecified atom stereocenters. The molecule has 0 saturated heterocycles. The molecule has 3 aromatic rings. The minimum absolute atomic E-state index is 0.342. The summed E-state index contributed by atoms with van der Waals surface area (Å²) in [5.41, 5.74) is 3.21. The Bertz CT molecular complexity index is 1190.